The number of imidazole rings is 1. The van der Waals surface area contributed by atoms with E-state index in [4.69, 9.17) is 5.73 Å². The van der Waals surface area contributed by atoms with E-state index < -0.39 is 4.92 Å². The lowest BCUT2D eigenvalue weighted by Gasteiger charge is -2.17. The number of carbonyl (C=O) groups excluding carboxylic acids is 1. The minimum absolute atomic E-state index is 0.112. The number of nitrogens with two attached hydrogens (primary N) is 1. The van der Waals surface area contributed by atoms with Crippen molar-refractivity contribution in [3.05, 3.63) is 52.1 Å². The summed E-state index contributed by atoms with van der Waals surface area (Å²) in [5.74, 6) is 0.314. The summed E-state index contributed by atoms with van der Waals surface area (Å²) in [6.07, 6.45) is 3.41. The maximum absolute atomic E-state index is 12.4. The van der Waals surface area contributed by atoms with Crippen LogP contribution < -0.4 is 5.73 Å². The predicted octanol–water partition coefficient (Wildman–Crippen LogP) is 1.18. The van der Waals surface area contributed by atoms with E-state index in [1.807, 2.05) is 7.05 Å². The van der Waals surface area contributed by atoms with Gasteiger partial charge in [-0.15, -0.1) is 0 Å². The van der Waals surface area contributed by atoms with Gasteiger partial charge in [-0.05, 0) is 6.07 Å². The first-order valence-corrected chi connectivity index (χ1v) is 6.16. The van der Waals surface area contributed by atoms with E-state index in [1.54, 1.807) is 24.0 Å². The van der Waals surface area contributed by atoms with Gasteiger partial charge in [0.2, 0.25) is 0 Å². The molecule has 1 amide bonds. The topological polar surface area (TPSA) is 107 Å². The average Bonchev–Trinajstić information content (AvgIpc) is 2.83. The second-order valence-corrected chi connectivity index (χ2v) is 4.61. The van der Waals surface area contributed by atoms with Crippen LogP contribution in [0.1, 0.15) is 16.2 Å². The molecule has 2 N–H and O–H groups in total. The summed E-state index contributed by atoms with van der Waals surface area (Å²) in [4.78, 5) is 28.2. The molecule has 0 aliphatic rings. The molecule has 1 aromatic heterocycles. The molecule has 1 aromatic carbocycles. The molecular formula is C13H15N5O3. The number of rotatable bonds is 4. The second-order valence-electron chi connectivity index (χ2n) is 4.61. The summed E-state index contributed by atoms with van der Waals surface area (Å²) in [6.45, 7) is 0.282. The van der Waals surface area contributed by atoms with Crippen molar-refractivity contribution < 1.29 is 9.72 Å². The van der Waals surface area contributed by atoms with Gasteiger partial charge in [-0.3, -0.25) is 14.9 Å². The Bertz CT molecular complexity index is 695. The molecule has 21 heavy (non-hydrogen) atoms. The maximum Gasteiger partial charge on any atom is 0.292 e. The zero-order valence-corrected chi connectivity index (χ0v) is 11.7. The van der Waals surface area contributed by atoms with Gasteiger partial charge in [0.05, 0.1) is 17.0 Å². The third-order valence-electron chi connectivity index (χ3n) is 3.16. The lowest BCUT2D eigenvalue weighted by Crippen LogP contribution is -2.28. The zero-order valence-electron chi connectivity index (χ0n) is 11.7. The first-order chi connectivity index (χ1) is 9.91. The Labute approximate surface area is 121 Å². The quantitative estimate of drug-likeness (QED) is 0.516. The molecule has 0 unspecified atom stereocenters. The van der Waals surface area contributed by atoms with Crippen molar-refractivity contribution in [2.24, 2.45) is 7.05 Å². The smallest absolute Gasteiger partial charge is 0.292 e. The van der Waals surface area contributed by atoms with Crippen molar-refractivity contribution in [2.75, 3.05) is 12.8 Å². The molecule has 2 aromatic rings. The van der Waals surface area contributed by atoms with Crippen molar-refractivity contribution in [2.45, 2.75) is 6.54 Å². The zero-order chi connectivity index (χ0) is 15.6. The van der Waals surface area contributed by atoms with Gasteiger partial charge < -0.3 is 15.2 Å². The number of para-hydroxylation sites is 1. The summed E-state index contributed by atoms with van der Waals surface area (Å²) in [7, 11) is 3.41. The van der Waals surface area contributed by atoms with Crippen LogP contribution in [0, 0.1) is 10.1 Å². The number of nitro groups is 1. The molecule has 110 valence electrons. The van der Waals surface area contributed by atoms with Crippen LogP contribution in [-0.4, -0.2) is 32.3 Å². The van der Waals surface area contributed by atoms with E-state index in [9.17, 15) is 14.9 Å². The fourth-order valence-corrected chi connectivity index (χ4v) is 1.94. The third-order valence-corrected chi connectivity index (χ3v) is 3.16. The van der Waals surface area contributed by atoms with E-state index in [0.717, 1.165) is 0 Å². The number of benzene rings is 1. The van der Waals surface area contributed by atoms with Crippen LogP contribution in [0.3, 0.4) is 0 Å². The molecule has 0 atom stereocenters. The van der Waals surface area contributed by atoms with Crippen LogP contribution >= 0.6 is 0 Å². The highest BCUT2D eigenvalue weighted by atomic mass is 16.6. The van der Waals surface area contributed by atoms with E-state index in [2.05, 4.69) is 4.98 Å². The van der Waals surface area contributed by atoms with Gasteiger partial charge in [0.25, 0.3) is 11.6 Å². The van der Waals surface area contributed by atoms with Crippen LogP contribution in [-0.2, 0) is 13.6 Å². The van der Waals surface area contributed by atoms with E-state index in [-0.39, 0.29) is 29.4 Å². The largest absolute Gasteiger partial charge is 0.393 e. The highest BCUT2D eigenvalue weighted by molar-refractivity contribution is 6.00. The summed E-state index contributed by atoms with van der Waals surface area (Å²) in [5, 5.41) is 10.9. The number of amides is 1. The van der Waals surface area contributed by atoms with E-state index in [0.29, 0.717) is 5.82 Å². The van der Waals surface area contributed by atoms with E-state index >= 15 is 0 Å². The van der Waals surface area contributed by atoms with Gasteiger partial charge in [0, 0.05) is 32.6 Å². The highest BCUT2D eigenvalue weighted by Crippen LogP contribution is 2.25. The lowest BCUT2D eigenvalue weighted by molar-refractivity contribution is -0.383. The second kappa shape index (κ2) is 5.61. The Kier molecular flexibility index (Phi) is 3.88. The standard InChI is InChI=1S/C13H15N5O3/c1-16-7-6-15-11(16)8-17(2)13(19)9-4-3-5-10(12(9)14)18(20)21/h3-7H,8,14H2,1-2H3. The molecule has 2 rings (SSSR count). The molecule has 8 nitrogen and oxygen atoms in total. The van der Waals surface area contributed by atoms with E-state index in [1.165, 1.54) is 23.1 Å². The number of aryl methyl sites for hydroxylation is 1. The summed E-state index contributed by atoms with van der Waals surface area (Å²) < 4.78 is 1.79. The third kappa shape index (κ3) is 2.83. The molecule has 0 aliphatic carbocycles. The first-order valence-electron chi connectivity index (χ1n) is 6.16. The van der Waals surface area contributed by atoms with Crippen LogP contribution in [0.4, 0.5) is 11.4 Å². The minimum atomic E-state index is -0.606. The van der Waals surface area contributed by atoms with Crippen LogP contribution in [0.2, 0.25) is 0 Å². The van der Waals surface area contributed by atoms with Crippen molar-refractivity contribution in [3.63, 3.8) is 0 Å². The maximum atomic E-state index is 12.4. The highest BCUT2D eigenvalue weighted by Gasteiger charge is 2.22. The Morgan fingerprint density at radius 3 is 2.81 bits per heavy atom. The predicted molar refractivity (Wildman–Crippen MR) is 76.5 cm³/mol. The molecule has 0 spiro atoms. The Morgan fingerprint density at radius 1 is 1.52 bits per heavy atom. The van der Waals surface area contributed by atoms with Crippen molar-refractivity contribution in [1.82, 2.24) is 14.5 Å². The number of nitrogens with zero attached hydrogens (tertiary/aromatic N) is 4. The molecule has 0 radical (unpaired) electrons. The molecule has 1 heterocycles. The lowest BCUT2D eigenvalue weighted by atomic mass is 10.1. The number of hydrogen-bond donors (Lipinski definition) is 1. The van der Waals surface area contributed by atoms with Gasteiger partial charge in [-0.1, -0.05) is 6.07 Å². The number of nitrogen functional groups attached to an aromatic ring is 1. The SMILES string of the molecule is CN(Cc1nccn1C)C(=O)c1cccc([N+](=O)[O-])c1N. The van der Waals surface area contributed by atoms with Crippen molar-refractivity contribution >= 4 is 17.3 Å². The fraction of sp³-hybridized carbons (Fsp3) is 0.231. The number of hydrogen-bond acceptors (Lipinski definition) is 5. The summed E-state index contributed by atoms with van der Waals surface area (Å²) >= 11 is 0. The molecule has 0 aliphatic heterocycles. The Hall–Kier alpha value is -2.90. The molecule has 0 saturated heterocycles. The number of aromatic nitrogens is 2. The van der Waals surface area contributed by atoms with Crippen LogP contribution in [0.5, 0.6) is 0 Å². The molecule has 0 saturated carbocycles. The first kappa shape index (κ1) is 14.5. The molecular weight excluding hydrogens is 274 g/mol. The number of anilines is 1. The van der Waals surface area contributed by atoms with Gasteiger partial charge in [0.15, 0.2) is 0 Å². The summed E-state index contributed by atoms with van der Waals surface area (Å²) in [6, 6.07) is 4.18. The molecule has 8 heteroatoms. The minimum Gasteiger partial charge on any atom is -0.393 e. The average molecular weight is 289 g/mol. The van der Waals surface area contributed by atoms with Crippen molar-refractivity contribution in [1.29, 1.82) is 0 Å². The number of carbonyl (C=O) groups is 1. The van der Waals surface area contributed by atoms with Gasteiger partial charge >= 0.3 is 0 Å². The number of nitro benzene ring substituents is 1. The fourth-order valence-electron chi connectivity index (χ4n) is 1.94. The van der Waals surface area contributed by atoms with Gasteiger partial charge in [0.1, 0.15) is 11.5 Å². The molecule has 0 fully saturated rings. The monoisotopic (exact) mass is 289 g/mol. The Morgan fingerprint density at radius 2 is 2.24 bits per heavy atom. The van der Waals surface area contributed by atoms with Gasteiger partial charge in [-0.2, -0.15) is 0 Å². The van der Waals surface area contributed by atoms with Gasteiger partial charge in [-0.25, -0.2) is 4.98 Å². The van der Waals surface area contributed by atoms with Crippen LogP contribution in [0.15, 0.2) is 30.6 Å². The van der Waals surface area contributed by atoms with Crippen LogP contribution in [0.25, 0.3) is 0 Å². The molecule has 0 bridgehead atoms. The van der Waals surface area contributed by atoms with Crippen molar-refractivity contribution in [3.8, 4) is 0 Å². The Balaban J connectivity index is 2.26. The summed E-state index contributed by atoms with van der Waals surface area (Å²) in [5.41, 5.74) is 5.43. The normalized spacial score (nSPS) is 10.4.